The molecule has 2 atom stereocenters. The van der Waals surface area contributed by atoms with E-state index in [9.17, 15) is 4.39 Å². The highest BCUT2D eigenvalue weighted by Crippen LogP contribution is 2.24. The van der Waals surface area contributed by atoms with E-state index in [1.54, 1.807) is 12.1 Å². The quantitative estimate of drug-likeness (QED) is 0.905. The van der Waals surface area contributed by atoms with Gasteiger partial charge in [0.15, 0.2) is 0 Å². The van der Waals surface area contributed by atoms with E-state index in [1.807, 2.05) is 6.07 Å². The van der Waals surface area contributed by atoms with Crippen molar-refractivity contribution in [1.29, 1.82) is 0 Å². The fourth-order valence-corrected chi connectivity index (χ4v) is 2.82. The van der Waals surface area contributed by atoms with Crippen LogP contribution in [-0.2, 0) is 0 Å². The van der Waals surface area contributed by atoms with Gasteiger partial charge in [0.05, 0.1) is 0 Å². The molecule has 2 nitrogen and oxygen atoms in total. The van der Waals surface area contributed by atoms with Crippen LogP contribution in [0.2, 0.25) is 0 Å². The summed E-state index contributed by atoms with van der Waals surface area (Å²) in [5.41, 5.74) is 6.86. The second-order valence-electron chi connectivity index (χ2n) is 6.01. The predicted octanol–water partition coefficient (Wildman–Crippen LogP) is 3.19. The van der Waals surface area contributed by atoms with Crippen LogP contribution in [0, 0.1) is 17.7 Å². The molecule has 0 aromatic heterocycles. The molecule has 0 aliphatic carbocycles. The summed E-state index contributed by atoms with van der Waals surface area (Å²) >= 11 is 0. The molecular weight excluding hydrogens is 239 g/mol. The lowest BCUT2D eigenvalue weighted by Crippen LogP contribution is -2.38. The van der Waals surface area contributed by atoms with Crippen LogP contribution in [0.5, 0.6) is 0 Å². The average molecular weight is 264 g/mol. The highest BCUT2D eigenvalue weighted by atomic mass is 19.1. The van der Waals surface area contributed by atoms with Gasteiger partial charge in [-0.25, -0.2) is 4.39 Å². The molecule has 1 aliphatic heterocycles. The number of halogens is 1. The Kier molecular flexibility index (Phi) is 4.94. The maximum atomic E-state index is 13.7. The highest BCUT2D eigenvalue weighted by Gasteiger charge is 2.22. The Hall–Kier alpha value is -0.930. The van der Waals surface area contributed by atoms with Crippen LogP contribution in [0.25, 0.3) is 0 Å². The Labute approximate surface area is 115 Å². The van der Waals surface area contributed by atoms with E-state index >= 15 is 0 Å². The van der Waals surface area contributed by atoms with E-state index in [0.29, 0.717) is 5.56 Å². The minimum absolute atomic E-state index is 0.186. The van der Waals surface area contributed by atoms with E-state index in [4.69, 9.17) is 5.73 Å². The maximum Gasteiger partial charge on any atom is 0.127 e. The third-order valence-corrected chi connectivity index (χ3v) is 4.30. The first-order valence-electron chi connectivity index (χ1n) is 7.30. The molecule has 19 heavy (non-hydrogen) atoms. The van der Waals surface area contributed by atoms with Gasteiger partial charge >= 0.3 is 0 Å². The summed E-state index contributed by atoms with van der Waals surface area (Å²) in [6.45, 7) is 7.69. The predicted molar refractivity (Wildman–Crippen MR) is 77.3 cm³/mol. The topological polar surface area (TPSA) is 29.3 Å². The summed E-state index contributed by atoms with van der Waals surface area (Å²) in [5, 5.41) is 0. The van der Waals surface area contributed by atoms with Crippen molar-refractivity contribution in [2.24, 2.45) is 17.6 Å². The standard InChI is InChI=1S/C16H25FN2/c1-12-7-9-19(10-8-12)11-13(2)16(18)14-5-3-4-6-15(14)17/h3-6,12-13,16H,7-11,18H2,1-2H3. The molecule has 0 spiro atoms. The lowest BCUT2D eigenvalue weighted by Gasteiger charge is -2.33. The van der Waals surface area contributed by atoms with Crippen molar-refractivity contribution in [3.8, 4) is 0 Å². The molecule has 0 radical (unpaired) electrons. The van der Waals surface area contributed by atoms with Gasteiger partial charge in [-0.1, -0.05) is 32.0 Å². The van der Waals surface area contributed by atoms with Crippen molar-refractivity contribution < 1.29 is 4.39 Å². The first-order valence-corrected chi connectivity index (χ1v) is 7.30. The molecule has 3 heteroatoms. The number of likely N-dealkylation sites (tertiary alicyclic amines) is 1. The monoisotopic (exact) mass is 264 g/mol. The number of nitrogens with zero attached hydrogens (tertiary/aromatic N) is 1. The van der Waals surface area contributed by atoms with Crippen LogP contribution in [0.4, 0.5) is 4.39 Å². The van der Waals surface area contributed by atoms with Gasteiger partial charge in [-0.2, -0.15) is 0 Å². The van der Waals surface area contributed by atoms with E-state index in [0.717, 1.165) is 25.6 Å². The van der Waals surface area contributed by atoms with Crippen LogP contribution in [0.1, 0.15) is 38.3 Å². The van der Waals surface area contributed by atoms with Gasteiger partial charge in [0.25, 0.3) is 0 Å². The van der Waals surface area contributed by atoms with Gasteiger partial charge in [-0.15, -0.1) is 0 Å². The van der Waals surface area contributed by atoms with Gasteiger partial charge < -0.3 is 10.6 Å². The van der Waals surface area contributed by atoms with Gasteiger partial charge in [-0.3, -0.25) is 0 Å². The Morgan fingerprint density at radius 1 is 1.32 bits per heavy atom. The van der Waals surface area contributed by atoms with Crippen molar-refractivity contribution in [3.63, 3.8) is 0 Å². The van der Waals surface area contributed by atoms with Crippen molar-refractivity contribution in [2.45, 2.75) is 32.7 Å². The lowest BCUT2D eigenvalue weighted by atomic mass is 9.92. The molecular formula is C16H25FN2. The van der Waals surface area contributed by atoms with Gasteiger partial charge in [-0.05, 0) is 43.8 Å². The molecule has 0 amide bonds. The van der Waals surface area contributed by atoms with Crippen LogP contribution in [0.3, 0.4) is 0 Å². The molecule has 2 rings (SSSR count). The van der Waals surface area contributed by atoms with Gasteiger partial charge in [0.2, 0.25) is 0 Å². The van der Waals surface area contributed by atoms with Crippen LogP contribution in [-0.4, -0.2) is 24.5 Å². The Bertz CT molecular complexity index is 399. The van der Waals surface area contributed by atoms with Crippen LogP contribution >= 0.6 is 0 Å². The molecule has 2 N–H and O–H groups in total. The number of hydrogen-bond donors (Lipinski definition) is 1. The lowest BCUT2D eigenvalue weighted by molar-refractivity contribution is 0.162. The minimum Gasteiger partial charge on any atom is -0.324 e. The molecule has 1 aromatic rings. The highest BCUT2D eigenvalue weighted by molar-refractivity contribution is 5.21. The fraction of sp³-hybridized carbons (Fsp3) is 0.625. The van der Waals surface area contributed by atoms with Crippen molar-refractivity contribution in [2.75, 3.05) is 19.6 Å². The van der Waals surface area contributed by atoms with Crippen LogP contribution < -0.4 is 5.73 Å². The van der Waals surface area contributed by atoms with E-state index < -0.39 is 0 Å². The van der Waals surface area contributed by atoms with Crippen LogP contribution in [0.15, 0.2) is 24.3 Å². The summed E-state index contributed by atoms with van der Waals surface area (Å²) in [7, 11) is 0. The number of hydrogen-bond acceptors (Lipinski definition) is 2. The molecule has 1 aromatic carbocycles. The number of nitrogens with two attached hydrogens (primary N) is 1. The normalized spacial score (nSPS) is 21.3. The third kappa shape index (κ3) is 3.77. The zero-order valence-corrected chi connectivity index (χ0v) is 12.0. The number of rotatable bonds is 4. The molecule has 1 aliphatic rings. The second kappa shape index (κ2) is 6.49. The zero-order chi connectivity index (χ0) is 13.8. The maximum absolute atomic E-state index is 13.7. The summed E-state index contributed by atoms with van der Waals surface area (Å²) in [6, 6.07) is 6.63. The molecule has 0 saturated carbocycles. The fourth-order valence-electron chi connectivity index (χ4n) is 2.82. The summed E-state index contributed by atoms with van der Waals surface area (Å²) in [6.07, 6.45) is 2.53. The largest absolute Gasteiger partial charge is 0.324 e. The minimum atomic E-state index is -0.222. The summed E-state index contributed by atoms with van der Waals surface area (Å²) in [4.78, 5) is 2.46. The van der Waals surface area contributed by atoms with Crippen molar-refractivity contribution in [3.05, 3.63) is 35.6 Å². The van der Waals surface area contributed by atoms with Crippen molar-refractivity contribution >= 4 is 0 Å². The smallest absolute Gasteiger partial charge is 0.127 e. The SMILES string of the molecule is CC1CCN(CC(C)C(N)c2ccccc2F)CC1. The number of benzene rings is 1. The van der Waals surface area contributed by atoms with E-state index in [1.165, 1.54) is 18.9 Å². The Balaban J connectivity index is 1.92. The molecule has 2 unspecified atom stereocenters. The van der Waals surface area contributed by atoms with Gasteiger partial charge in [0.1, 0.15) is 5.82 Å². The first-order chi connectivity index (χ1) is 9.08. The average Bonchev–Trinajstić information content (AvgIpc) is 2.41. The summed E-state index contributed by atoms with van der Waals surface area (Å²) < 4.78 is 13.7. The van der Waals surface area contributed by atoms with Gasteiger partial charge in [0, 0.05) is 18.2 Å². The molecule has 0 bridgehead atoms. The summed E-state index contributed by atoms with van der Waals surface area (Å²) in [5.74, 6) is 0.922. The van der Waals surface area contributed by atoms with E-state index in [2.05, 4.69) is 18.7 Å². The molecule has 1 heterocycles. The third-order valence-electron chi connectivity index (χ3n) is 4.30. The molecule has 106 valence electrons. The molecule has 1 saturated heterocycles. The number of piperidine rings is 1. The Morgan fingerprint density at radius 2 is 1.95 bits per heavy atom. The zero-order valence-electron chi connectivity index (χ0n) is 12.0. The van der Waals surface area contributed by atoms with Crippen molar-refractivity contribution in [1.82, 2.24) is 4.90 Å². The first kappa shape index (κ1) is 14.5. The Morgan fingerprint density at radius 3 is 2.58 bits per heavy atom. The molecule has 1 fully saturated rings. The van der Waals surface area contributed by atoms with E-state index in [-0.39, 0.29) is 17.8 Å². The second-order valence-corrected chi connectivity index (χ2v) is 6.01.